The summed E-state index contributed by atoms with van der Waals surface area (Å²) in [5.74, 6) is 1.41. The summed E-state index contributed by atoms with van der Waals surface area (Å²) in [4.78, 5) is 17.3. The third kappa shape index (κ3) is 5.87. The van der Waals surface area contributed by atoms with Crippen LogP contribution in [0.5, 0.6) is 5.88 Å². The fraction of sp³-hybridized carbons (Fsp3) is 0.348. The Morgan fingerprint density at radius 2 is 2.06 bits per heavy atom. The minimum absolute atomic E-state index is 0.0428. The van der Waals surface area contributed by atoms with Gasteiger partial charge in [-0.2, -0.15) is 5.10 Å². The number of nitrogens with two attached hydrogens (primary N) is 1. The minimum atomic E-state index is -1.02. The van der Waals surface area contributed by atoms with Gasteiger partial charge in [0.2, 0.25) is 5.88 Å². The maximum atomic E-state index is 10.3. The fourth-order valence-electron chi connectivity index (χ4n) is 3.32. The Balaban J connectivity index is 1.44. The van der Waals surface area contributed by atoms with Gasteiger partial charge >= 0.3 is 0 Å². The maximum absolute atomic E-state index is 10.3. The molecule has 4 rings (SSSR count). The molecular weight excluding hydrogens is 488 g/mol. The molecule has 35 heavy (non-hydrogen) atoms. The second-order valence-electron chi connectivity index (χ2n) is 8.62. The second kappa shape index (κ2) is 10.1. The van der Waals surface area contributed by atoms with Gasteiger partial charge in [0.05, 0.1) is 24.1 Å². The predicted molar refractivity (Wildman–Crippen MR) is 137 cm³/mol. The predicted octanol–water partition coefficient (Wildman–Crippen LogP) is 4.13. The van der Waals surface area contributed by atoms with E-state index >= 15 is 0 Å². The van der Waals surface area contributed by atoms with Crippen molar-refractivity contribution in [3.8, 4) is 27.8 Å². The molecule has 12 heteroatoms. The van der Waals surface area contributed by atoms with Gasteiger partial charge in [-0.1, -0.05) is 11.6 Å². The monoisotopic (exact) mass is 514 g/mol. The Kier molecular flexibility index (Phi) is 7.20. The van der Waals surface area contributed by atoms with Crippen LogP contribution in [0, 0.1) is 0 Å². The third-order valence-electron chi connectivity index (χ3n) is 5.23. The molecule has 0 aromatic carbocycles. The van der Waals surface area contributed by atoms with E-state index in [9.17, 15) is 5.11 Å². The van der Waals surface area contributed by atoms with E-state index in [0.717, 1.165) is 16.3 Å². The normalized spacial score (nSPS) is 12.5. The number of aliphatic hydroxyl groups is 1. The van der Waals surface area contributed by atoms with E-state index in [1.807, 2.05) is 5.38 Å². The molecule has 1 atom stereocenters. The van der Waals surface area contributed by atoms with Crippen LogP contribution in [0.25, 0.3) is 22.0 Å². The molecule has 4 N–H and O–H groups in total. The van der Waals surface area contributed by atoms with Gasteiger partial charge in [0, 0.05) is 43.0 Å². The van der Waals surface area contributed by atoms with E-state index in [-0.39, 0.29) is 6.04 Å². The van der Waals surface area contributed by atoms with E-state index < -0.39 is 5.60 Å². The molecule has 0 radical (unpaired) electrons. The number of aromatic nitrogens is 6. The van der Waals surface area contributed by atoms with Crippen molar-refractivity contribution >= 4 is 34.4 Å². The molecule has 4 heterocycles. The SMILES string of the molecule is CC(CCOc1c(-c2nccc(N)n2)cnn1C)Nc1cc(Cl)ncc1-c1nc(C(C)(C)O)cs1. The number of hydrogen-bond acceptors (Lipinski definition) is 10. The molecule has 184 valence electrons. The highest BCUT2D eigenvalue weighted by atomic mass is 35.5. The minimum Gasteiger partial charge on any atom is -0.477 e. The van der Waals surface area contributed by atoms with E-state index in [1.54, 1.807) is 56.3 Å². The number of nitrogens with one attached hydrogen (secondary N) is 1. The molecule has 0 amide bonds. The number of halogens is 1. The molecule has 4 aromatic heterocycles. The van der Waals surface area contributed by atoms with Crippen LogP contribution in [0.1, 0.15) is 32.9 Å². The summed E-state index contributed by atoms with van der Waals surface area (Å²) < 4.78 is 7.70. The molecule has 0 fully saturated rings. The summed E-state index contributed by atoms with van der Waals surface area (Å²) in [7, 11) is 1.80. The quantitative estimate of drug-likeness (QED) is 0.281. The van der Waals surface area contributed by atoms with Crippen LogP contribution < -0.4 is 15.8 Å². The van der Waals surface area contributed by atoms with Gasteiger partial charge in [-0.25, -0.2) is 24.6 Å². The molecule has 0 aliphatic carbocycles. The lowest BCUT2D eigenvalue weighted by Gasteiger charge is -2.18. The Morgan fingerprint density at radius 1 is 1.26 bits per heavy atom. The number of aryl methyl sites for hydroxylation is 1. The number of nitrogens with zero attached hydrogens (tertiary/aromatic N) is 6. The third-order valence-corrected chi connectivity index (χ3v) is 6.31. The number of nitrogen functional groups attached to an aromatic ring is 1. The topological polar surface area (TPSA) is 137 Å². The first-order valence-electron chi connectivity index (χ1n) is 11.0. The molecule has 10 nitrogen and oxygen atoms in total. The van der Waals surface area contributed by atoms with E-state index in [2.05, 4.69) is 37.3 Å². The van der Waals surface area contributed by atoms with Crippen molar-refractivity contribution in [3.63, 3.8) is 0 Å². The smallest absolute Gasteiger partial charge is 0.222 e. The summed E-state index contributed by atoms with van der Waals surface area (Å²) in [5, 5.41) is 21.0. The first-order valence-corrected chi connectivity index (χ1v) is 12.2. The van der Waals surface area contributed by atoms with E-state index in [4.69, 9.17) is 22.1 Å². The van der Waals surface area contributed by atoms with Crippen LogP contribution in [0.4, 0.5) is 11.5 Å². The first kappa shape index (κ1) is 24.8. The lowest BCUT2D eigenvalue weighted by atomic mass is 10.1. The lowest BCUT2D eigenvalue weighted by molar-refractivity contribution is 0.0746. The summed E-state index contributed by atoms with van der Waals surface area (Å²) in [5.41, 5.74) is 7.68. The van der Waals surface area contributed by atoms with Crippen LogP contribution in [0.15, 0.2) is 36.1 Å². The van der Waals surface area contributed by atoms with Crippen molar-refractivity contribution in [1.29, 1.82) is 0 Å². The molecule has 1 unspecified atom stereocenters. The van der Waals surface area contributed by atoms with Gasteiger partial charge in [0.1, 0.15) is 27.1 Å². The van der Waals surface area contributed by atoms with Crippen LogP contribution in [-0.4, -0.2) is 47.5 Å². The van der Waals surface area contributed by atoms with Crippen molar-refractivity contribution in [2.45, 2.75) is 38.8 Å². The van der Waals surface area contributed by atoms with E-state index in [1.165, 1.54) is 11.3 Å². The Hall–Kier alpha value is -3.28. The summed E-state index contributed by atoms with van der Waals surface area (Å²) >= 11 is 7.62. The molecular formula is C23H27ClN8O2S. The van der Waals surface area contributed by atoms with Crippen molar-refractivity contribution < 1.29 is 9.84 Å². The Bertz CT molecular complexity index is 1320. The van der Waals surface area contributed by atoms with Gasteiger partial charge in [-0.15, -0.1) is 11.3 Å². The number of thiazole rings is 1. The molecule has 0 bridgehead atoms. The zero-order valence-corrected chi connectivity index (χ0v) is 21.4. The molecule has 4 aromatic rings. The summed E-state index contributed by atoms with van der Waals surface area (Å²) in [6.45, 7) is 5.90. The van der Waals surface area contributed by atoms with Crippen LogP contribution >= 0.6 is 22.9 Å². The van der Waals surface area contributed by atoms with Gasteiger partial charge in [-0.05, 0) is 32.9 Å². The average molecular weight is 515 g/mol. The van der Waals surface area contributed by atoms with Gasteiger partial charge < -0.3 is 20.9 Å². The number of rotatable bonds is 9. The summed E-state index contributed by atoms with van der Waals surface area (Å²) in [6, 6.07) is 3.45. The van der Waals surface area contributed by atoms with E-state index in [0.29, 0.717) is 47.0 Å². The van der Waals surface area contributed by atoms with Gasteiger partial charge in [0.15, 0.2) is 5.82 Å². The second-order valence-corrected chi connectivity index (χ2v) is 9.87. The number of pyridine rings is 1. The highest BCUT2D eigenvalue weighted by molar-refractivity contribution is 7.13. The molecule has 0 spiro atoms. The number of anilines is 2. The van der Waals surface area contributed by atoms with Gasteiger partial charge in [0.25, 0.3) is 0 Å². The van der Waals surface area contributed by atoms with Crippen LogP contribution in [0.2, 0.25) is 5.15 Å². The lowest BCUT2D eigenvalue weighted by Crippen LogP contribution is -2.19. The van der Waals surface area contributed by atoms with Crippen molar-refractivity contribution in [2.75, 3.05) is 17.7 Å². The molecule has 0 saturated heterocycles. The Morgan fingerprint density at radius 3 is 2.77 bits per heavy atom. The Labute approximate surface area is 212 Å². The van der Waals surface area contributed by atoms with Crippen LogP contribution in [-0.2, 0) is 12.6 Å². The van der Waals surface area contributed by atoms with Crippen molar-refractivity contribution in [1.82, 2.24) is 29.7 Å². The highest BCUT2D eigenvalue weighted by Gasteiger charge is 2.22. The fourth-order valence-corrected chi connectivity index (χ4v) is 4.48. The standard InChI is InChI=1S/C23H27ClN8O2S/c1-13(6-8-34-22-15(11-28-32(22)4)20-26-7-5-19(25)31-20)29-16-9-18(24)27-10-14(16)21-30-17(12-35-21)23(2,3)33/h5,7,9-13,33H,6,8H2,1-4H3,(H,27,29)(H2,25,26,31). The molecule has 0 aliphatic rings. The molecule has 0 aliphatic heterocycles. The zero-order valence-electron chi connectivity index (χ0n) is 19.9. The number of hydrogen-bond donors (Lipinski definition) is 3. The largest absolute Gasteiger partial charge is 0.477 e. The molecule has 0 saturated carbocycles. The summed E-state index contributed by atoms with van der Waals surface area (Å²) in [6.07, 6.45) is 5.64. The van der Waals surface area contributed by atoms with Gasteiger partial charge in [-0.3, -0.25) is 0 Å². The van der Waals surface area contributed by atoms with Crippen molar-refractivity contribution in [3.05, 3.63) is 47.0 Å². The maximum Gasteiger partial charge on any atom is 0.222 e. The number of ether oxygens (including phenoxy) is 1. The van der Waals surface area contributed by atoms with Crippen LogP contribution in [0.3, 0.4) is 0 Å². The zero-order chi connectivity index (χ0) is 25.2. The average Bonchev–Trinajstić information content (AvgIpc) is 3.42. The van der Waals surface area contributed by atoms with Crippen molar-refractivity contribution in [2.24, 2.45) is 7.05 Å². The first-order chi connectivity index (χ1) is 16.6. The highest BCUT2D eigenvalue weighted by Crippen LogP contribution is 2.34.